The van der Waals surface area contributed by atoms with Gasteiger partial charge in [-0.1, -0.05) is 29.8 Å². The molecule has 1 aromatic heterocycles. The van der Waals surface area contributed by atoms with Gasteiger partial charge in [-0.3, -0.25) is 4.57 Å². The highest BCUT2D eigenvalue weighted by Gasteiger charge is 2.13. The molecule has 2 nitrogen and oxygen atoms in total. The first kappa shape index (κ1) is 13.5. The molecule has 0 N–H and O–H groups in total. The number of imidazole rings is 1. The number of aryl methyl sites for hydroxylation is 2. The van der Waals surface area contributed by atoms with Crippen LogP contribution in [0.4, 0.5) is 0 Å². The van der Waals surface area contributed by atoms with Crippen LogP contribution >= 0.6 is 23.2 Å². The SMILES string of the molecule is Cc1ccccc1-n1c(CCCl)nc2cc(Cl)ccc21. The summed E-state index contributed by atoms with van der Waals surface area (Å²) in [5, 5.41) is 0.698. The van der Waals surface area contributed by atoms with Crippen LogP contribution in [0.25, 0.3) is 16.7 Å². The van der Waals surface area contributed by atoms with Crippen LogP contribution in [0.3, 0.4) is 0 Å². The third kappa shape index (κ3) is 2.30. The zero-order valence-electron chi connectivity index (χ0n) is 11.1. The lowest BCUT2D eigenvalue weighted by molar-refractivity contribution is 0.907. The van der Waals surface area contributed by atoms with Crippen molar-refractivity contribution >= 4 is 34.2 Å². The van der Waals surface area contributed by atoms with Crippen molar-refractivity contribution in [1.82, 2.24) is 9.55 Å². The molecule has 0 aliphatic rings. The smallest absolute Gasteiger partial charge is 0.115 e. The molecule has 102 valence electrons. The van der Waals surface area contributed by atoms with Crippen LogP contribution in [0.1, 0.15) is 11.4 Å². The monoisotopic (exact) mass is 304 g/mol. The lowest BCUT2D eigenvalue weighted by Crippen LogP contribution is -2.03. The van der Waals surface area contributed by atoms with Crippen molar-refractivity contribution in [3.05, 3.63) is 58.9 Å². The molecule has 0 unspecified atom stereocenters. The number of hydrogen-bond acceptors (Lipinski definition) is 1. The van der Waals surface area contributed by atoms with E-state index in [2.05, 4.69) is 28.6 Å². The minimum absolute atomic E-state index is 0.545. The maximum Gasteiger partial charge on any atom is 0.115 e. The second-order valence-electron chi connectivity index (χ2n) is 4.72. The lowest BCUT2D eigenvalue weighted by atomic mass is 10.2. The van der Waals surface area contributed by atoms with E-state index in [0.29, 0.717) is 10.9 Å². The van der Waals surface area contributed by atoms with Gasteiger partial charge < -0.3 is 0 Å². The fourth-order valence-corrected chi connectivity index (χ4v) is 2.77. The Morgan fingerprint density at radius 3 is 2.70 bits per heavy atom. The minimum Gasteiger partial charge on any atom is -0.296 e. The van der Waals surface area contributed by atoms with Crippen LogP contribution in [-0.4, -0.2) is 15.4 Å². The quantitative estimate of drug-likeness (QED) is 0.637. The first-order chi connectivity index (χ1) is 9.70. The molecule has 0 aliphatic carbocycles. The second-order valence-corrected chi connectivity index (χ2v) is 5.54. The van der Waals surface area contributed by atoms with Crippen molar-refractivity contribution in [2.24, 2.45) is 0 Å². The maximum absolute atomic E-state index is 6.06. The summed E-state index contributed by atoms with van der Waals surface area (Å²) in [5.41, 5.74) is 4.31. The highest BCUT2D eigenvalue weighted by atomic mass is 35.5. The van der Waals surface area contributed by atoms with Crippen molar-refractivity contribution < 1.29 is 0 Å². The number of rotatable bonds is 3. The molecular weight excluding hydrogens is 291 g/mol. The van der Waals surface area contributed by atoms with Gasteiger partial charge in [0, 0.05) is 17.3 Å². The van der Waals surface area contributed by atoms with Gasteiger partial charge in [-0.15, -0.1) is 11.6 Å². The van der Waals surface area contributed by atoms with Gasteiger partial charge in [0.25, 0.3) is 0 Å². The van der Waals surface area contributed by atoms with E-state index in [1.807, 2.05) is 30.3 Å². The molecule has 0 saturated heterocycles. The van der Waals surface area contributed by atoms with Crippen LogP contribution in [0.5, 0.6) is 0 Å². The van der Waals surface area contributed by atoms with Crippen molar-refractivity contribution in [3.63, 3.8) is 0 Å². The third-order valence-electron chi connectivity index (χ3n) is 3.36. The Morgan fingerprint density at radius 1 is 1.15 bits per heavy atom. The van der Waals surface area contributed by atoms with E-state index in [1.165, 1.54) is 5.56 Å². The van der Waals surface area contributed by atoms with Gasteiger partial charge in [-0.25, -0.2) is 4.98 Å². The minimum atomic E-state index is 0.545. The molecular formula is C16H14Cl2N2. The third-order valence-corrected chi connectivity index (χ3v) is 3.78. The predicted molar refractivity (Wildman–Crippen MR) is 85.2 cm³/mol. The molecule has 3 aromatic rings. The molecule has 3 rings (SSSR count). The highest BCUT2D eigenvalue weighted by molar-refractivity contribution is 6.31. The Morgan fingerprint density at radius 2 is 1.95 bits per heavy atom. The number of para-hydroxylation sites is 1. The van der Waals surface area contributed by atoms with Crippen LogP contribution in [-0.2, 0) is 6.42 Å². The molecule has 2 aromatic carbocycles. The van der Waals surface area contributed by atoms with Crippen LogP contribution in [0.15, 0.2) is 42.5 Å². The lowest BCUT2D eigenvalue weighted by Gasteiger charge is -2.11. The standard InChI is InChI=1S/C16H14Cl2N2/c1-11-4-2-3-5-14(11)20-15-7-6-12(18)10-13(15)19-16(20)8-9-17/h2-7,10H,8-9H2,1H3. The fraction of sp³-hybridized carbons (Fsp3) is 0.188. The van der Waals surface area contributed by atoms with Gasteiger partial charge in [-0.05, 0) is 36.8 Å². The summed E-state index contributed by atoms with van der Waals surface area (Å²) in [6, 6.07) is 14.1. The molecule has 0 saturated carbocycles. The average molecular weight is 305 g/mol. The van der Waals surface area contributed by atoms with E-state index in [1.54, 1.807) is 0 Å². The summed E-state index contributed by atoms with van der Waals surface area (Å²) in [4.78, 5) is 4.67. The molecule has 0 atom stereocenters. The van der Waals surface area contributed by atoms with Crippen LogP contribution in [0.2, 0.25) is 5.02 Å². The van der Waals surface area contributed by atoms with Crippen molar-refractivity contribution in [1.29, 1.82) is 0 Å². The molecule has 4 heteroatoms. The molecule has 1 heterocycles. The highest BCUT2D eigenvalue weighted by Crippen LogP contribution is 2.26. The molecule has 0 aliphatic heterocycles. The van der Waals surface area contributed by atoms with Gasteiger partial charge >= 0.3 is 0 Å². The number of halogens is 2. The van der Waals surface area contributed by atoms with Gasteiger partial charge in [0.2, 0.25) is 0 Å². The van der Waals surface area contributed by atoms with Crippen molar-refractivity contribution in [2.75, 3.05) is 5.88 Å². The Balaban J connectivity index is 2.32. The summed E-state index contributed by atoms with van der Waals surface area (Å²) < 4.78 is 2.17. The number of aromatic nitrogens is 2. The molecule has 0 fully saturated rings. The van der Waals surface area contributed by atoms with Gasteiger partial charge in [0.1, 0.15) is 5.82 Å². The number of hydrogen-bond donors (Lipinski definition) is 0. The molecule has 0 bridgehead atoms. The molecule has 0 spiro atoms. The van der Waals surface area contributed by atoms with Gasteiger partial charge in [0.15, 0.2) is 0 Å². The van der Waals surface area contributed by atoms with E-state index in [9.17, 15) is 0 Å². The number of nitrogens with zero attached hydrogens (tertiary/aromatic N) is 2. The second kappa shape index (κ2) is 5.47. The summed E-state index contributed by atoms with van der Waals surface area (Å²) in [7, 11) is 0. The first-order valence-electron chi connectivity index (χ1n) is 6.49. The van der Waals surface area contributed by atoms with Crippen LogP contribution < -0.4 is 0 Å². The van der Waals surface area contributed by atoms with Crippen molar-refractivity contribution in [2.45, 2.75) is 13.3 Å². The average Bonchev–Trinajstić information content (AvgIpc) is 2.77. The summed E-state index contributed by atoms with van der Waals surface area (Å²) in [6.07, 6.45) is 0.724. The van der Waals surface area contributed by atoms with Crippen molar-refractivity contribution in [3.8, 4) is 5.69 Å². The number of fused-ring (bicyclic) bond motifs is 1. The Hall–Kier alpha value is -1.51. The fourth-order valence-electron chi connectivity index (χ4n) is 2.44. The topological polar surface area (TPSA) is 17.8 Å². The summed E-state index contributed by atoms with van der Waals surface area (Å²) >= 11 is 12.0. The van der Waals surface area contributed by atoms with E-state index in [4.69, 9.17) is 23.2 Å². The zero-order valence-corrected chi connectivity index (χ0v) is 12.6. The number of benzene rings is 2. The zero-order chi connectivity index (χ0) is 14.1. The first-order valence-corrected chi connectivity index (χ1v) is 7.41. The largest absolute Gasteiger partial charge is 0.296 e. The molecule has 20 heavy (non-hydrogen) atoms. The summed E-state index contributed by atoms with van der Waals surface area (Å²) in [5.74, 6) is 1.51. The molecule has 0 amide bonds. The van der Waals surface area contributed by atoms with E-state index in [-0.39, 0.29) is 0 Å². The Labute approximate surface area is 128 Å². The normalized spacial score (nSPS) is 11.2. The van der Waals surface area contributed by atoms with E-state index < -0.39 is 0 Å². The number of alkyl halides is 1. The summed E-state index contributed by atoms with van der Waals surface area (Å²) in [6.45, 7) is 2.10. The molecule has 0 radical (unpaired) electrons. The van der Waals surface area contributed by atoms with E-state index in [0.717, 1.165) is 29.0 Å². The van der Waals surface area contributed by atoms with Crippen LogP contribution in [0, 0.1) is 6.92 Å². The predicted octanol–water partition coefficient (Wildman–Crippen LogP) is 4.77. The maximum atomic E-state index is 6.06. The van der Waals surface area contributed by atoms with E-state index >= 15 is 0 Å². The van der Waals surface area contributed by atoms with Gasteiger partial charge in [-0.2, -0.15) is 0 Å². The Bertz CT molecular complexity index is 762. The Kier molecular flexibility index (Phi) is 3.68. The van der Waals surface area contributed by atoms with Gasteiger partial charge in [0.05, 0.1) is 16.7 Å².